The second kappa shape index (κ2) is 7.36. The summed E-state index contributed by atoms with van der Waals surface area (Å²) in [7, 11) is -3.59. The Morgan fingerprint density at radius 3 is 2.44 bits per heavy atom. The minimum absolute atomic E-state index is 0.0714. The summed E-state index contributed by atoms with van der Waals surface area (Å²) in [4.78, 5) is 28.2. The van der Waals surface area contributed by atoms with Gasteiger partial charge in [0.15, 0.2) is 15.9 Å². The number of hydrogen-bond donors (Lipinski definition) is 1. The number of H-pyrrole nitrogens is 1. The van der Waals surface area contributed by atoms with Crippen LogP contribution in [0.2, 0.25) is 0 Å². The Balaban J connectivity index is 1.86. The first-order valence-electron chi connectivity index (χ1n) is 8.48. The number of ether oxygens (including phenoxy) is 1. The Morgan fingerprint density at radius 1 is 1.04 bits per heavy atom. The van der Waals surface area contributed by atoms with Crippen LogP contribution in [0, 0.1) is 0 Å². The van der Waals surface area contributed by atoms with E-state index in [-0.39, 0.29) is 22.0 Å². The van der Waals surface area contributed by atoms with Gasteiger partial charge in [-0.15, -0.1) is 0 Å². The number of sulfone groups is 1. The zero-order valence-corrected chi connectivity index (χ0v) is 15.7. The van der Waals surface area contributed by atoms with Gasteiger partial charge in [0.25, 0.3) is 0 Å². The summed E-state index contributed by atoms with van der Waals surface area (Å²) >= 11 is 0. The van der Waals surface area contributed by atoms with Crippen LogP contribution in [0.3, 0.4) is 0 Å². The molecule has 0 aliphatic heterocycles. The Hall–Kier alpha value is -2.93. The van der Waals surface area contributed by atoms with Gasteiger partial charge in [-0.05, 0) is 25.1 Å². The number of nitrogens with one attached hydrogen (secondary N) is 1. The van der Waals surface area contributed by atoms with Gasteiger partial charge in [-0.1, -0.05) is 37.3 Å². The van der Waals surface area contributed by atoms with Gasteiger partial charge in [-0.2, -0.15) is 0 Å². The molecule has 0 saturated heterocycles. The minimum atomic E-state index is -3.59. The van der Waals surface area contributed by atoms with Gasteiger partial charge in [-0.3, -0.25) is 4.79 Å². The number of esters is 1. The van der Waals surface area contributed by atoms with Crippen LogP contribution in [-0.2, 0) is 14.6 Å². The van der Waals surface area contributed by atoms with Crippen LogP contribution in [0.15, 0.2) is 59.6 Å². The second-order valence-corrected chi connectivity index (χ2v) is 8.31. The maximum atomic E-state index is 12.7. The van der Waals surface area contributed by atoms with Crippen LogP contribution in [0.5, 0.6) is 0 Å². The van der Waals surface area contributed by atoms with Crippen molar-refractivity contribution in [2.24, 2.45) is 0 Å². The Morgan fingerprint density at radius 2 is 1.70 bits per heavy atom. The lowest BCUT2D eigenvalue weighted by atomic mass is 10.1. The summed E-state index contributed by atoms with van der Waals surface area (Å²) in [5.74, 6) is -1.35. The lowest BCUT2D eigenvalue weighted by Crippen LogP contribution is -2.25. The highest BCUT2D eigenvalue weighted by molar-refractivity contribution is 7.91. The third kappa shape index (κ3) is 3.64. The smallest absolute Gasteiger partial charge is 0.340 e. The average Bonchev–Trinajstić information content (AvgIpc) is 3.11. The van der Waals surface area contributed by atoms with Crippen molar-refractivity contribution in [3.8, 4) is 0 Å². The van der Waals surface area contributed by atoms with E-state index in [9.17, 15) is 18.0 Å². The fourth-order valence-electron chi connectivity index (χ4n) is 2.83. The lowest BCUT2D eigenvalue weighted by molar-refractivity contribution is 0.0315. The summed E-state index contributed by atoms with van der Waals surface area (Å²) in [6.07, 6.45) is 0.515. The third-order valence-electron chi connectivity index (χ3n) is 4.33. The number of carbonyl (C=O) groups is 2. The number of hydrogen-bond acceptors (Lipinski definition) is 5. The molecule has 0 aliphatic rings. The van der Waals surface area contributed by atoms with E-state index in [0.29, 0.717) is 5.56 Å². The molecule has 1 N–H and O–H groups in total. The number of Topliss-reactive ketones (excluding diaryl/α,β-unsaturated/α-hetero) is 1. The molecule has 1 heterocycles. The maximum Gasteiger partial charge on any atom is 0.340 e. The minimum Gasteiger partial charge on any atom is -0.451 e. The fourth-order valence-corrected chi connectivity index (χ4v) is 3.92. The zero-order valence-electron chi connectivity index (χ0n) is 14.9. The highest BCUT2D eigenvalue weighted by Crippen LogP contribution is 2.22. The van der Waals surface area contributed by atoms with Crippen LogP contribution >= 0.6 is 0 Å². The molecule has 0 unspecified atom stereocenters. The first-order chi connectivity index (χ1) is 12.8. The van der Waals surface area contributed by atoms with E-state index in [1.54, 1.807) is 24.4 Å². The Bertz CT molecular complexity index is 1110. The van der Waals surface area contributed by atoms with Crippen LogP contribution in [-0.4, -0.2) is 37.0 Å². The van der Waals surface area contributed by atoms with Crippen LogP contribution in [0.4, 0.5) is 0 Å². The summed E-state index contributed by atoms with van der Waals surface area (Å²) in [5, 5.41) is 0.736. The molecular weight excluding hydrogens is 366 g/mol. The van der Waals surface area contributed by atoms with E-state index in [2.05, 4.69) is 4.98 Å². The molecule has 0 aliphatic carbocycles. The van der Waals surface area contributed by atoms with Gasteiger partial charge in [0.05, 0.1) is 16.2 Å². The number of benzene rings is 2. The van der Waals surface area contributed by atoms with E-state index < -0.39 is 21.9 Å². The summed E-state index contributed by atoms with van der Waals surface area (Å²) in [6.45, 7) is 2.97. The van der Waals surface area contributed by atoms with Crippen molar-refractivity contribution in [1.29, 1.82) is 0 Å². The van der Waals surface area contributed by atoms with Crippen LogP contribution < -0.4 is 0 Å². The number of carbonyl (C=O) groups excluding carboxylic acids is 2. The first-order valence-corrected chi connectivity index (χ1v) is 10.1. The van der Waals surface area contributed by atoms with Crippen molar-refractivity contribution < 1.29 is 22.7 Å². The summed E-state index contributed by atoms with van der Waals surface area (Å²) in [6, 6.07) is 13.1. The van der Waals surface area contributed by atoms with Crippen LogP contribution in [0.1, 0.15) is 34.6 Å². The molecule has 0 bridgehead atoms. The number of aromatic amines is 1. The summed E-state index contributed by atoms with van der Waals surface area (Å²) < 4.78 is 29.7. The van der Waals surface area contributed by atoms with Gasteiger partial charge >= 0.3 is 5.97 Å². The quantitative estimate of drug-likeness (QED) is 0.519. The molecule has 3 rings (SSSR count). The number of fused-ring (bicyclic) bond motifs is 1. The normalized spacial score (nSPS) is 12.7. The van der Waals surface area contributed by atoms with Gasteiger partial charge in [0.1, 0.15) is 0 Å². The average molecular weight is 385 g/mol. The molecule has 3 aromatic rings. The lowest BCUT2D eigenvalue weighted by Gasteiger charge is -2.14. The zero-order chi connectivity index (χ0) is 19.6. The largest absolute Gasteiger partial charge is 0.451 e. The SMILES string of the molecule is CCS(=O)(=O)c1ccccc1C(=O)O[C@H](C)C(=O)c1c[nH]c2ccccc12. The molecular formula is C20H19NO5S. The molecule has 0 fully saturated rings. The molecule has 27 heavy (non-hydrogen) atoms. The highest BCUT2D eigenvalue weighted by Gasteiger charge is 2.26. The molecule has 0 radical (unpaired) electrons. The standard InChI is InChI=1S/C20H19NO5S/c1-3-27(24,25)18-11-7-5-9-15(18)20(23)26-13(2)19(22)16-12-21-17-10-6-4-8-14(16)17/h4-13,21H,3H2,1-2H3/t13-/m1/s1. The van der Waals surface area contributed by atoms with Gasteiger partial charge in [0.2, 0.25) is 5.78 Å². The molecule has 0 spiro atoms. The number of ketones is 1. The van der Waals surface area contributed by atoms with Gasteiger partial charge in [0, 0.05) is 22.7 Å². The Labute approximate surface area is 157 Å². The third-order valence-corrected chi connectivity index (χ3v) is 6.12. The number of rotatable bonds is 6. The predicted octanol–water partition coefficient (Wildman–Crippen LogP) is 3.39. The van der Waals surface area contributed by atoms with E-state index in [4.69, 9.17) is 4.74 Å². The number of aromatic nitrogens is 1. The predicted molar refractivity (Wildman–Crippen MR) is 102 cm³/mol. The van der Waals surface area contributed by atoms with Crippen molar-refractivity contribution in [1.82, 2.24) is 4.98 Å². The summed E-state index contributed by atoms with van der Waals surface area (Å²) in [5.41, 5.74) is 1.15. The van der Waals surface area contributed by atoms with Crippen molar-refractivity contribution in [3.63, 3.8) is 0 Å². The van der Waals surface area contributed by atoms with Crippen LogP contribution in [0.25, 0.3) is 10.9 Å². The molecule has 7 heteroatoms. The van der Waals surface area contributed by atoms with E-state index in [1.165, 1.54) is 26.0 Å². The van der Waals surface area contributed by atoms with E-state index >= 15 is 0 Å². The Kier molecular flexibility index (Phi) is 5.14. The molecule has 2 aromatic carbocycles. The number of para-hydroxylation sites is 1. The molecule has 1 aromatic heterocycles. The highest BCUT2D eigenvalue weighted by atomic mass is 32.2. The maximum absolute atomic E-state index is 12.7. The second-order valence-electron chi connectivity index (χ2n) is 6.06. The first kappa shape index (κ1) is 18.8. The molecule has 1 atom stereocenters. The van der Waals surface area contributed by atoms with Crippen molar-refractivity contribution in [2.45, 2.75) is 24.8 Å². The van der Waals surface area contributed by atoms with E-state index in [1.807, 2.05) is 18.2 Å². The van der Waals surface area contributed by atoms with Gasteiger partial charge in [-0.25, -0.2) is 13.2 Å². The molecule has 6 nitrogen and oxygen atoms in total. The molecule has 0 saturated carbocycles. The molecule has 140 valence electrons. The van der Waals surface area contributed by atoms with Crippen molar-refractivity contribution >= 4 is 32.5 Å². The van der Waals surface area contributed by atoms with E-state index in [0.717, 1.165) is 10.9 Å². The fraction of sp³-hybridized carbons (Fsp3) is 0.200. The van der Waals surface area contributed by atoms with Gasteiger partial charge < -0.3 is 9.72 Å². The monoisotopic (exact) mass is 385 g/mol. The van der Waals surface area contributed by atoms with Crippen molar-refractivity contribution in [2.75, 3.05) is 5.75 Å². The van der Waals surface area contributed by atoms with Crippen molar-refractivity contribution in [3.05, 3.63) is 65.9 Å². The molecule has 0 amide bonds. The topological polar surface area (TPSA) is 93.3 Å².